The third kappa shape index (κ3) is 2.16. The van der Waals surface area contributed by atoms with E-state index in [1.54, 1.807) is 0 Å². The zero-order valence-corrected chi connectivity index (χ0v) is 10.1. The largest absolute Gasteiger partial charge is 0.273 e. The van der Waals surface area contributed by atoms with Crippen molar-refractivity contribution in [2.24, 2.45) is 0 Å². The first-order valence-electron chi connectivity index (χ1n) is 5.70. The number of nitrogens with one attached hydrogen (secondary N) is 1. The predicted molar refractivity (Wildman–Crippen MR) is 63.7 cm³/mol. The van der Waals surface area contributed by atoms with Gasteiger partial charge in [0.15, 0.2) is 0 Å². The van der Waals surface area contributed by atoms with E-state index in [0.717, 1.165) is 5.56 Å². The van der Waals surface area contributed by atoms with Crippen molar-refractivity contribution >= 4 is 11.8 Å². The molecular formula is C13H16N2O2. The lowest BCUT2D eigenvalue weighted by Crippen LogP contribution is -2.58. The molecule has 4 heteroatoms. The molecule has 2 amide bonds. The van der Waals surface area contributed by atoms with Gasteiger partial charge >= 0.3 is 0 Å². The monoisotopic (exact) mass is 232 g/mol. The molecule has 1 aromatic rings. The SMILES string of the molecule is CC(C)(c1ccccc1)N1NC(=O)CCC1=O. The quantitative estimate of drug-likeness (QED) is 0.841. The number of rotatable bonds is 2. The molecule has 1 aliphatic heterocycles. The molecule has 1 saturated heterocycles. The maximum Gasteiger partial charge on any atom is 0.242 e. The molecule has 1 aromatic carbocycles. The number of hydrogen-bond acceptors (Lipinski definition) is 2. The van der Waals surface area contributed by atoms with Gasteiger partial charge in [-0.15, -0.1) is 0 Å². The first-order valence-corrected chi connectivity index (χ1v) is 5.70. The first kappa shape index (κ1) is 11.6. The summed E-state index contributed by atoms with van der Waals surface area (Å²) in [5, 5.41) is 1.44. The molecule has 0 spiro atoms. The average Bonchev–Trinajstić information content (AvgIpc) is 2.33. The Hall–Kier alpha value is -1.84. The average molecular weight is 232 g/mol. The van der Waals surface area contributed by atoms with Crippen LogP contribution in [0.1, 0.15) is 32.3 Å². The third-order valence-electron chi connectivity index (χ3n) is 3.09. The highest BCUT2D eigenvalue weighted by Gasteiger charge is 2.36. The van der Waals surface area contributed by atoms with Crippen molar-refractivity contribution < 1.29 is 9.59 Å². The number of amides is 2. The molecule has 0 unspecified atom stereocenters. The summed E-state index contributed by atoms with van der Waals surface area (Å²) in [5.41, 5.74) is 3.11. The predicted octanol–water partition coefficient (Wildman–Crippen LogP) is 1.58. The second kappa shape index (κ2) is 4.20. The van der Waals surface area contributed by atoms with Crippen LogP contribution in [0.15, 0.2) is 30.3 Å². The molecule has 0 saturated carbocycles. The molecule has 90 valence electrons. The molecule has 1 fully saturated rings. The fraction of sp³-hybridized carbons (Fsp3) is 0.385. The fourth-order valence-electron chi connectivity index (χ4n) is 2.00. The van der Waals surface area contributed by atoms with Gasteiger partial charge in [0, 0.05) is 12.8 Å². The van der Waals surface area contributed by atoms with Gasteiger partial charge in [-0.25, -0.2) is 5.01 Å². The summed E-state index contributed by atoms with van der Waals surface area (Å²) >= 11 is 0. The zero-order chi connectivity index (χ0) is 12.5. The number of nitrogens with zero attached hydrogens (tertiary/aromatic N) is 1. The maximum atomic E-state index is 11.9. The van der Waals surface area contributed by atoms with Gasteiger partial charge in [-0.1, -0.05) is 30.3 Å². The van der Waals surface area contributed by atoms with Crippen molar-refractivity contribution in [3.8, 4) is 0 Å². The van der Waals surface area contributed by atoms with Gasteiger partial charge in [0.2, 0.25) is 11.8 Å². The highest BCUT2D eigenvalue weighted by atomic mass is 16.2. The van der Waals surface area contributed by atoms with Crippen molar-refractivity contribution in [1.29, 1.82) is 0 Å². The Morgan fingerprint density at radius 3 is 2.41 bits per heavy atom. The van der Waals surface area contributed by atoms with E-state index in [1.807, 2.05) is 44.2 Å². The summed E-state index contributed by atoms with van der Waals surface area (Å²) in [6.07, 6.45) is 0.558. The minimum absolute atomic E-state index is 0.0431. The van der Waals surface area contributed by atoms with Crippen LogP contribution in [0.4, 0.5) is 0 Å². The normalized spacial score (nSPS) is 16.9. The molecule has 17 heavy (non-hydrogen) atoms. The smallest absolute Gasteiger partial charge is 0.242 e. The van der Waals surface area contributed by atoms with Crippen molar-refractivity contribution in [2.45, 2.75) is 32.2 Å². The lowest BCUT2D eigenvalue weighted by atomic mass is 9.92. The minimum Gasteiger partial charge on any atom is -0.273 e. The second-order valence-corrected chi connectivity index (χ2v) is 4.69. The van der Waals surface area contributed by atoms with Crippen molar-refractivity contribution in [3.05, 3.63) is 35.9 Å². The van der Waals surface area contributed by atoms with E-state index in [-0.39, 0.29) is 24.7 Å². The molecule has 0 atom stereocenters. The Kier molecular flexibility index (Phi) is 2.88. The van der Waals surface area contributed by atoms with E-state index in [2.05, 4.69) is 5.43 Å². The molecule has 0 aliphatic carbocycles. The van der Waals surface area contributed by atoms with E-state index >= 15 is 0 Å². The van der Waals surface area contributed by atoms with Crippen LogP contribution < -0.4 is 5.43 Å². The number of hydrogen-bond donors (Lipinski definition) is 1. The van der Waals surface area contributed by atoms with Crippen LogP contribution in [0, 0.1) is 0 Å². The lowest BCUT2D eigenvalue weighted by Gasteiger charge is -2.40. The Bertz CT molecular complexity index is 440. The van der Waals surface area contributed by atoms with Crippen LogP contribution in [-0.2, 0) is 15.1 Å². The standard InChI is InChI=1S/C13H16N2O2/c1-13(2,10-6-4-3-5-7-10)15-12(17)9-8-11(16)14-15/h3-7H,8-9H2,1-2H3,(H,14,16). The molecule has 4 nitrogen and oxygen atoms in total. The maximum absolute atomic E-state index is 11.9. The number of benzene rings is 1. The molecule has 1 heterocycles. The Balaban J connectivity index is 2.31. The molecule has 1 aliphatic rings. The fourth-order valence-corrected chi connectivity index (χ4v) is 2.00. The summed E-state index contributed by atoms with van der Waals surface area (Å²) in [5.74, 6) is -0.146. The van der Waals surface area contributed by atoms with Gasteiger partial charge in [-0.3, -0.25) is 15.0 Å². The molecule has 0 radical (unpaired) electrons. The van der Waals surface area contributed by atoms with E-state index in [9.17, 15) is 9.59 Å². The molecule has 0 aromatic heterocycles. The summed E-state index contributed by atoms with van der Waals surface area (Å²) in [6.45, 7) is 3.84. The van der Waals surface area contributed by atoms with Gasteiger partial charge in [0.25, 0.3) is 0 Å². The van der Waals surface area contributed by atoms with Gasteiger partial charge in [0.1, 0.15) is 0 Å². The van der Waals surface area contributed by atoms with Gasteiger partial charge in [0.05, 0.1) is 5.54 Å². The van der Waals surface area contributed by atoms with Crippen molar-refractivity contribution in [2.75, 3.05) is 0 Å². The van der Waals surface area contributed by atoms with E-state index in [0.29, 0.717) is 0 Å². The van der Waals surface area contributed by atoms with E-state index in [4.69, 9.17) is 0 Å². The van der Waals surface area contributed by atoms with E-state index < -0.39 is 5.54 Å². The van der Waals surface area contributed by atoms with Crippen molar-refractivity contribution in [1.82, 2.24) is 10.4 Å². The third-order valence-corrected chi connectivity index (χ3v) is 3.09. The Labute approximate surface area is 101 Å². The van der Waals surface area contributed by atoms with Crippen LogP contribution >= 0.6 is 0 Å². The highest BCUT2D eigenvalue weighted by molar-refractivity contribution is 5.89. The van der Waals surface area contributed by atoms with Crippen LogP contribution in [-0.4, -0.2) is 16.8 Å². The number of carbonyl (C=O) groups excluding carboxylic acids is 2. The van der Waals surface area contributed by atoms with Crippen molar-refractivity contribution in [3.63, 3.8) is 0 Å². The minimum atomic E-state index is -0.533. The molecule has 2 rings (SSSR count). The number of hydrazine groups is 1. The molecule has 1 N–H and O–H groups in total. The molecule has 0 bridgehead atoms. The summed E-state index contributed by atoms with van der Waals surface area (Å²) in [4.78, 5) is 23.3. The Morgan fingerprint density at radius 2 is 1.76 bits per heavy atom. The van der Waals surface area contributed by atoms with Crippen LogP contribution in [0.3, 0.4) is 0 Å². The highest BCUT2D eigenvalue weighted by Crippen LogP contribution is 2.28. The first-order chi connectivity index (χ1) is 8.01. The van der Waals surface area contributed by atoms with Crippen LogP contribution in [0.5, 0.6) is 0 Å². The number of carbonyl (C=O) groups is 2. The zero-order valence-electron chi connectivity index (χ0n) is 10.1. The summed E-state index contributed by atoms with van der Waals surface area (Å²) in [7, 11) is 0. The van der Waals surface area contributed by atoms with Gasteiger partial charge in [-0.05, 0) is 19.4 Å². The second-order valence-electron chi connectivity index (χ2n) is 4.69. The summed E-state index contributed by atoms with van der Waals surface area (Å²) < 4.78 is 0. The van der Waals surface area contributed by atoms with Gasteiger partial charge < -0.3 is 0 Å². The summed E-state index contributed by atoms with van der Waals surface area (Å²) in [6, 6.07) is 9.68. The van der Waals surface area contributed by atoms with E-state index in [1.165, 1.54) is 5.01 Å². The topological polar surface area (TPSA) is 49.4 Å². The van der Waals surface area contributed by atoms with Crippen LogP contribution in [0.25, 0.3) is 0 Å². The Morgan fingerprint density at radius 1 is 1.12 bits per heavy atom. The van der Waals surface area contributed by atoms with Gasteiger partial charge in [-0.2, -0.15) is 0 Å². The molecular weight excluding hydrogens is 216 g/mol. The lowest BCUT2D eigenvalue weighted by molar-refractivity contribution is -0.154. The van der Waals surface area contributed by atoms with Crippen LogP contribution in [0.2, 0.25) is 0 Å².